The summed E-state index contributed by atoms with van der Waals surface area (Å²) < 4.78 is 5.06. The molecule has 14 heavy (non-hydrogen) atoms. The number of likely N-dealkylation sites (tertiary alicyclic amines) is 1. The Hall–Kier alpha value is -0.570. The lowest BCUT2D eigenvalue weighted by Gasteiger charge is -2.22. The molecule has 1 unspecified atom stereocenters. The zero-order valence-electron chi connectivity index (χ0n) is 9.29. The molecule has 1 heterocycles. The van der Waals surface area contributed by atoms with Crippen molar-refractivity contribution in [3.8, 4) is 0 Å². The number of carbonyl (C=O) groups is 1. The molecule has 0 amide bonds. The molecule has 3 nitrogen and oxygen atoms in total. The maximum absolute atomic E-state index is 11.6. The third-order valence-corrected chi connectivity index (χ3v) is 2.72. The van der Waals surface area contributed by atoms with Crippen LogP contribution in [-0.2, 0) is 9.53 Å². The number of nitrogens with zero attached hydrogens (tertiary/aromatic N) is 1. The second-order valence-corrected chi connectivity index (χ2v) is 3.80. The van der Waals surface area contributed by atoms with Gasteiger partial charge in [0.2, 0.25) is 0 Å². The van der Waals surface area contributed by atoms with Crippen molar-refractivity contribution in [1.82, 2.24) is 4.90 Å². The molecule has 0 spiro atoms. The Morgan fingerprint density at radius 2 is 2.29 bits per heavy atom. The van der Waals surface area contributed by atoms with Crippen molar-refractivity contribution in [2.75, 3.05) is 19.7 Å². The fourth-order valence-electron chi connectivity index (χ4n) is 1.96. The molecular formula is C11H21NO2. The fourth-order valence-corrected chi connectivity index (χ4v) is 1.96. The van der Waals surface area contributed by atoms with Gasteiger partial charge in [-0.3, -0.25) is 9.69 Å². The first kappa shape index (κ1) is 11.5. The molecule has 1 fully saturated rings. The van der Waals surface area contributed by atoms with E-state index in [0.29, 0.717) is 6.61 Å². The highest BCUT2D eigenvalue weighted by Gasteiger charge is 2.30. The molecule has 0 saturated carbocycles. The maximum atomic E-state index is 11.6. The average molecular weight is 199 g/mol. The summed E-state index contributed by atoms with van der Waals surface area (Å²) in [5.41, 5.74) is 0. The van der Waals surface area contributed by atoms with Crippen molar-refractivity contribution in [2.45, 2.75) is 45.6 Å². The number of unbranched alkanes of at least 4 members (excludes halogenated alkanes) is 1. The maximum Gasteiger partial charge on any atom is 0.323 e. The number of hydrogen-bond donors (Lipinski definition) is 0. The van der Waals surface area contributed by atoms with E-state index in [1.807, 2.05) is 6.92 Å². The zero-order chi connectivity index (χ0) is 10.4. The number of rotatable bonds is 5. The predicted octanol–water partition coefficient (Wildman–Crippen LogP) is 1.81. The van der Waals surface area contributed by atoms with E-state index in [0.717, 1.165) is 25.9 Å². The summed E-state index contributed by atoms with van der Waals surface area (Å²) in [4.78, 5) is 13.8. The molecule has 0 aromatic rings. The number of carbonyl (C=O) groups excluding carboxylic acids is 1. The van der Waals surface area contributed by atoms with Crippen LogP contribution in [0.3, 0.4) is 0 Å². The predicted molar refractivity (Wildman–Crippen MR) is 56.1 cm³/mol. The minimum atomic E-state index is -0.0268. The minimum Gasteiger partial charge on any atom is -0.465 e. The molecule has 1 saturated heterocycles. The molecule has 0 aromatic carbocycles. The van der Waals surface area contributed by atoms with Crippen LogP contribution in [0.4, 0.5) is 0 Å². The van der Waals surface area contributed by atoms with Gasteiger partial charge in [-0.1, -0.05) is 13.3 Å². The van der Waals surface area contributed by atoms with Crippen LogP contribution in [-0.4, -0.2) is 36.6 Å². The van der Waals surface area contributed by atoms with Crippen molar-refractivity contribution in [2.24, 2.45) is 0 Å². The van der Waals surface area contributed by atoms with Crippen molar-refractivity contribution < 1.29 is 9.53 Å². The Morgan fingerprint density at radius 1 is 1.50 bits per heavy atom. The molecule has 0 N–H and O–H groups in total. The summed E-state index contributed by atoms with van der Waals surface area (Å²) >= 11 is 0. The number of esters is 1. The van der Waals surface area contributed by atoms with Gasteiger partial charge in [-0.05, 0) is 39.3 Å². The molecule has 1 aliphatic rings. The average Bonchev–Trinajstić information content (AvgIpc) is 2.63. The largest absolute Gasteiger partial charge is 0.465 e. The molecule has 82 valence electrons. The Labute approximate surface area is 86.4 Å². The van der Waals surface area contributed by atoms with Crippen molar-refractivity contribution in [3.05, 3.63) is 0 Å². The van der Waals surface area contributed by atoms with E-state index in [1.165, 1.54) is 12.8 Å². The van der Waals surface area contributed by atoms with Gasteiger partial charge in [-0.15, -0.1) is 0 Å². The first-order valence-electron chi connectivity index (χ1n) is 5.70. The summed E-state index contributed by atoms with van der Waals surface area (Å²) in [6, 6.07) is 0.0431. The Kier molecular flexibility index (Phi) is 4.94. The summed E-state index contributed by atoms with van der Waals surface area (Å²) in [6.45, 7) is 6.64. The van der Waals surface area contributed by atoms with E-state index < -0.39 is 0 Å². The van der Waals surface area contributed by atoms with Gasteiger partial charge in [0, 0.05) is 0 Å². The molecule has 0 aliphatic carbocycles. The third-order valence-electron chi connectivity index (χ3n) is 2.72. The summed E-state index contributed by atoms with van der Waals surface area (Å²) in [7, 11) is 0. The van der Waals surface area contributed by atoms with Crippen molar-refractivity contribution in [1.29, 1.82) is 0 Å². The van der Waals surface area contributed by atoms with Gasteiger partial charge in [0.1, 0.15) is 6.04 Å². The topological polar surface area (TPSA) is 29.5 Å². The van der Waals surface area contributed by atoms with Gasteiger partial charge in [-0.25, -0.2) is 0 Å². The molecule has 1 aliphatic heterocycles. The SMILES string of the molecule is CCCCN1CCCC1C(=O)OCC. The Balaban J connectivity index is 2.38. The molecular weight excluding hydrogens is 178 g/mol. The highest BCUT2D eigenvalue weighted by atomic mass is 16.5. The second-order valence-electron chi connectivity index (χ2n) is 3.80. The van der Waals surface area contributed by atoms with E-state index in [2.05, 4.69) is 11.8 Å². The standard InChI is InChI=1S/C11H21NO2/c1-3-5-8-12-9-6-7-10(12)11(13)14-4-2/h10H,3-9H2,1-2H3. The van der Waals surface area contributed by atoms with Crippen LogP contribution in [0, 0.1) is 0 Å². The lowest BCUT2D eigenvalue weighted by molar-refractivity contribution is -0.148. The van der Waals surface area contributed by atoms with Crippen LogP contribution in [0.2, 0.25) is 0 Å². The zero-order valence-corrected chi connectivity index (χ0v) is 9.29. The molecule has 0 bridgehead atoms. The molecule has 1 atom stereocenters. The van der Waals surface area contributed by atoms with Gasteiger partial charge in [0.25, 0.3) is 0 Å². The minimum absolute atomic E-state index is 0.0268. The molecule has 0 aromatic heterocycles. The summed E-state index contributed by atoms with van der Waals surface area (Å²) in [5.74, 6) is -0.0268. The molecule has 0 radical (unpaired) electrons. The lowest BCUT2D eigenvalue weighted by Crippen LogP contribution is -2.37. The van der Waals surface area contributed by atoms with Crippen LogP contribution in [0.15, 0.2) is 0 Å². The summed E-state index contributed by atoms with van der Waals surface area (Å²) in [6.07, 6.45) is 4.47. The number of hydrogen-bond acceptors (Lipinski definition) is 3. The second kappa shape index (κ2) is 6.02. The normalized spacial score (nSPS) is 22.6. The lowest BCUT2D eigenvalue weighted by atomic mass is 10.2. The number of ether oxygens (including phenoxy) is 1. The van der Waals surface area contributed by atoms with Gasteiger partial charge in [0.15, 0.2) is 0 Å². The quantitative estimate of drug-likeness (QED) is 0.632. The third kappa shape index (κ3) is 2.98. The first-order chi connectivity index (χ1) is 6.79. The van der Waals surface area contributed by atoms with Crippen molar-refractivity contribution in [3.63, 3.8) is 0 Å². The van der Waals surface area contributed by atoms with Crippen LogP contribution in [0.5, 0.6) is 0 Å². The van der Waals surface area contributed by atoms with E-state index in [-0.39, 0.29) is 12.0 Å². The Morgan fingerprint density at radius 3 is 2.93 bits per heavy atom. The van der Waals surface area contributed by atoms with E-state index >= 15 is 0 Å². The van der Waals surface area contributed by atoms with Gasteiger partial charge < -0.3 is 4.74 Å². The van der Waals surface area contributed by atoms with Crippen LogP contribution in [0.1, 0.15) is 39.5 Å². The van der Waals surface area contributed by atoms with E-state index in [4.69, 9.17) is 4.74 Å². The smallest absolute Gasteiger partial charge is 0.323 e. The van der Waals surface area contributed by atoms with Crippen molar-refractivity contribution >= 4 is 5.97 Å². The molecule has 3 heteroatoms. The van der Waals surface area contributed by atoms with Crippen LogP contribution < -0.4 is 0 Å². The highest BCUT2D eigenvalue weighted by molar-refractivity contribution is 5.76. The van der Waals surface area contributed by atoms with E-state index in [9.17, 15) is 4.79 Å². The highest BCUT2D eigenvalue weighted by Crippen LogP contribution is 2.18. The first-order valence-corrected chi connectivity index (χ1v) is 5.70. The van der Waals surface area contributed by atoms with Gasteiger partial charge in [0.05, 0.1) is 6.61 Å². The fraction of sp³-hybridized carbons (Fsp3) is 0.909. The van der Waals surface area contributed by atoms with Gasteiger partial charge in [-0.2, -0.15) is 0 Å². The van der Waals surface area contributed by atoms with Gasteiger partial charge >= 0.3 is 5.97 Å². The molecule has 1 rings (SSSR count). The van der Waals surface area contributed by atoms with Crippen LogP contribution >= 0.6 is 0 Å². The van der Waals surface area contributed by atoms with E-state index in [1.54, 1.807) is 0 Å². The van der Waals surface area contributed by atoms with Crippen LogP contribution in [0.25, 0.3) is 0 Å². The monoisotopic (exact) mass is 199 g/mol. The summed E-state index contributed by atoms with van der Waals surface area (Å²) in [5, 5.41) is 0. The Bertz CT molecular complexity index is 182.